The van der Waals surface area contributed by atoms with Crippen molar-refractivity contribution in [3.63, 3.8) is 0 Å². The van der Waals surface area contributed by atoms with E-state index in [1.807, 2.05) is 4.90 Å². The van der Waals surface area contributed by atoms with Gasteiger partial charge in [0.2, 0.25) is 0 Å². The minimum atomic E-state index is -3.57. The first-order chi connectivity index (χ1) is 9.59. The van der Waals surface area contributed by atoms with Gasteiger partial charge in [-0.1, -0.05) is 0 Å². The highest BCUT2D eigenvalue weighted by Gasteiger charge is 2.30. The van der Waals surface area contributed by atoms with Crippen molar-refractivity contribution in [2.24, 2.45) is 0 Å². The standard InChI is InChI=1S/C12H20N4O3S/c1-13-11-3-2-4-14-12(11)20(18,19)16-7-5-15(6-8-16)9-10-17/h2-4,13,17H,5-10H2,1H3. The minimum absolute atomic E-state index is 0.0677. The average molecular weight is 300 g/mol. The van der Waals surface area contributed by atoms with Crippen LogP contribution in [-0.4, -0.2) is 74.1 Å². The van der Waals surface area contributed by atoms with Crippen LogP contribution in [0.3, 0.4) is 0 Å². The third-order valence-corrected chi connectivity index (χ3v) is 5.23. The Morgan fingerprint density at radius 3 is 2.65 bits per heavy atom. The monoisotopic (exact) mass is 300 g/mol. The van der Waals surface area contributed by atoms with Gasteiger partial charge in [-0.25, -0.2) is 13.4 Å². The highest BCUT2D eigenvalue weighted by atomic mass is 32.2. The highest BCUT2D eigenvalue weighted by molar-refractivity contribution is 7.89. The number of piperazine rings is 1. The molecule has 1 aromatic heterocycles. The molecule has 0 atom stereocenters. The zero-order valence-corrected chi connectivity index (χ0v) is 12.3. The molecular formula is C12H20N4O3S. The molecule has 1 saturated heterocycles. The van der Waals surface area contributed by atoms with Crippen molar-refractivity contribution < 1.29 is 13.5 Å². The third kappa shape index (κ3) is 3.09. The SMILES string of the molecule is CNc1cccnc1S(=O)(=O)N1CCN(CCO)CC1. The summed E-state index contributed by atoms with van der Waals surface area (Å²) < 4.78 is 26.6. The Bertz CT molecular complexity index is 541. The number of sulfonamides is 1. The lowest BCUT2D eigenvalue weighted by molar-refractivity contribution is 0.151. The fourth-order valence-corrected chi connectivity index (χ4v) is 3.77. The van der Waals surface area contributed by atoms with Crippen LogP contribution in [0, 0.1) is 0 Å². The molecule has 8 heteroatoms. The van der Waals surface area contributed by atoms with Crippen LogP contribution in [0.15, 0.2) is 23.4 Å². The number of aliphatic hydroxyl groups excluding tert-OH is 1. The maximum absolute atomic E-state index is 12.6. The number of pyridine rings is 1. The Kier molecular flexibility index (Phi) is 4.92. The highest BCUT2D eigenvalue weighted by Crippen LogP contribution is 2.22. The first kappa shape index (κ1) is 15.2. The molecule has 0 bridgehead atoms. The zero-order chi connectivity index (χ0) is 14.6. The smallest absolute Gasteiger partial charge is 0.262 e. The molecule has 0 saturated carbocycles. The van der Waals surface area contributed by atoms with Crippen LogP contribution in [0.2, 0.25) is 0 Å². The predicted octanol–water partition coefficient (Wildman–Crippen LogP) is -0.578. The maximum atomic E-state index is 12.6. The number of hydrogen-bond acceptors (Lipinski definition) is 6. The van der Waals surface area contributed by atoms with Crippen molar-refractivity contribution in [3.8, 4) is 0 Å². The van der Waals surface area contributed by atoms with E-state index in [-0.39, 0.29) is 11.6 Å². The van der Waals surface area contributed by atoms with E-state index in [0.717, 1.165) is 0 Å². The van der Waals surface area contributed by atoms with Gasteiger partial charge in [0.05, 0.1) is 12.3 Å². The summed E-state index contributed by atoms with van der Waals surface area (Å²) in [6, 6.07) is 3.39. The fraction of sp³-hybridized carbons (Fsp3) is 0.583. The summed E-state index contributed by atoms with van der Waals surface area (Å²) in [6.45, 7) is 2.77. The summed E-state index contributed by atoms with van der Waals surface area (Å²) >= 11 is 0. The predicted molar refractivity (Wildman–Crippen MR) is 76.1 cm³/mol. The molecule has 0 radical (unpaired) electrons. The lowest BCUT2D eigenvalue weighted by Gasteiger charge is -2.33. The van der Waals surface area contributed by atoms with Crippen molar-refractivity contribution in [3.05, 3.63) is 18.3 Å². The van der Waals surface area contributed by atoms with Gasteiger partial charge in [0.15, 0.2) is 5.03 Å². The molecule has 0 amide bonds. The molecule has 1 aliphatic heterocycles. The van der Waals surface area contributed by atoms with Gasteiger partial charge in [0.1, 0.15) is 0 Å². The Morgan fingerprint density at radius 2 is 2.05 bits per heavy atom. The normalized spacial score (nSPS) is 18.1. The van der Waals surface area contributed by atoms with Crippen LogP contribution in [0.1, 0.15) is 0 Å². The molecule has 1 aromatic rings. The van der Waals surface area contributed by atoms with Crippen molar-refractivity contribution >= 4 is 15.7 Å². The number of rotatable bonds is 5. The Hall–Kier alpha value is -1.22. The molecule has 0 unspecified atom stereocenters. The molecule has 7 nitrogen and oxygen atoms in total. The van der Waals surface area contributed by atoms with Crippen LogP contribution >= 0.6 is 0 Å². The van der Waals surface area contributed by atoms with Gasteiger partial charge in [-0.15, -0.1) is 0 Å². The summed E-state index contributed by atoms with van der Waals surface area (Å²) in [5, 5.41) is 11.8. The molecule has 0 aliphatic carbocycles. The maximum Gasteiger partial charge on any atom is 0.262 e. The number of nitrogens with one attached hydrogen (secondary N) is 1. The van der Waals surface area contributed by atoms with Crippen molar-refractivity contribution in [2.75, 3.05) is 51.7 Å². The van der Waals surface area contributed by atoms with Crippen LogP contribution in [-0.2, 0) is 10.0 Å². The van der Waals surface area contributed by atoms with E-state index in [2.05, 4.69) is 10.3 Å². The first-order valence-corrected chi connectivity index (χ1v) is 7.99. The molecular weight excluding hydrogens is 280 g/mol. The summed E-state index contributed by atoms with van der Waals surface area (Å²) in [6.07, 6.45) is 1.48. The Balaban J connectivity index is 2.16. The summed E-state index contributed by atoms with van der Waals surface area (Å²) in [7, 11) is -1.90. The van der Waals surface area contributed by atoms with Gasteiger partial charge in [0, 0.05) is 46.0 Å². The molecule has 2 heterocycles. The van der Waals surface area contributed by atoms with Gasteiger partial charge in [-0.2, -0.15) is 4.31 Å². The van der Waals surface area contributed by atoms with E-state index in [9.17, 15) is 8.42 Å². The van der Waals surface area contributed by atoms with Crippen molar-refractivity contribution in [2.45, 2.75) is 5.03 Å². The molecule has 0 spiro atoms. The quantitative estimate of drug-likeness (QED) is 0.757. The number of aliphatic hydroxyl groups is 1. The minimum Gasteiger partial charge on any atom is -0.395 e. The summed E-state index contributed by atoms with van der Waals surface area (Å²) in [5.74, 6) is 0. The van der Waals surface area contributed by atoms with Gasteiger partial charge >= 0.3 is 0 Å². The van der Waals surface area contributed by atoms with Gasteiger partial charge in [-0.3, -0.25) is 4.90 Å². The van der Waals surface area contributed by atoms with Crippen LogP contribution in [0.25, 0.3) is 0 Å². The van der Waals surface area contributed by atoms with E-state index in [0.29, 0.717) is 38.4 Å². The number of nitrogens with zero attached hydrogens (tertiary/aromatic N) is 3. The second-order valence-corrected chi connectivity index (χ2v) is 6.43. The van der Waals surface area contributed by atoms with E-state index < -0.39 is 10.0 Å². The van der Waals surface area contributed by atoms with E-state index in [1.165, 1.54) is 10.5 Å². The topological polar surface area (TPSA) is 85.8 Å². The van der Waals surface area contributed by atoms with E-state index in [4.69, 9.17) is 5.11 Å². The third-order valence-electron chi connectivity index (χ3n) is 3.37. The largest absolute Gasteiger partial charge is 0.395 e. The second-order valence-electron chi connectivity index (χ2n) is 4.58. The second kappa shape index (κ2) is 6.49. The van der Waals surface area contributed by atoms with E-state index >= 15 is 0 Å². The number of hydrogen-bond donors (Lipinski definition) is 2. The lowest BCUT2D eigenvalue weighted by Crippen LogP contribution is -2.49. The van der Waals surface area contributed by atoms with E-state index in [1.54, 1.807) is 19.2 Å². The summed E-state index contributed by atoms with van der Waals surface area (Å²) in [5.41, 5.74) is 0.505. The Morgan fingerprint density at radius 1 is 1.35 bits per heavy atom. The first-order valence-electron chi connectivity index (χ1n) is 6.55. The molecule has 1 aliphatic rings. The average Bonchev–Trinajstić information content (AvgIpc) is 2.48. The molecule has 1 fully saturated rings. The molecule has 112 valence electrons. The van der Waals surface area contributed by atoms with Crippen LogP contribution < -0.4 is 5.32 Å². The molecule has 20 heavy (non-hydrogen) atoms. The van der Waals surface area contributed by atoms with Crippen molar-refractivity contribution in [1.29, 1.82) is 0 Å². The Labute approximate surface area is 119 Å². The molecule has 2 rings (SSSR count). The zero-order valence-electron chi connectivity index (χ0n) is 11.5. The number of β-amino-alcohol motifs (C(OH)–C–C–N with tert-alkyl or cyclic N) is 1. The lowest BCUT2D eigenvalue weighted by atomic mass is 10.4. The van der Waals surface area contributed by atoms with Crippen molar-refractivity contribution in [1.82, 2.24) is 14.2 Å². The summed E-state index contributed by atoms with van der Waals surface area (Å²) in [4.78, 5) is 6.05. The van der Waals surface area contributed by atoms with Crippen LogP contribution in [0.5, 0.6) is 0 Å². The molecule has 0 aromatic carbocycles. The number of aromatic nitrogens is 1. The fourth-order valence-electron chi connectivity index (χ4n) is 2.24. The van der Waals surface area contributed by atoms with Gasteiger partial charge in [-0.05, 0) is 12.1 Å². The molecule has 2 N–H and O–H groups in total. The van der Waals surface area contributed by atoms with Crippen LogP contribution in [0.4, 0.5) is 5.69 Å². The van der Waals surface area contributed by atoms with Gasteiger partial charge in [0.25, 0.3) is 10.0 Å². The number of anilines is 1. The van der Waals surface area contributed by atoms with Gasteiger partial charge < -0.3 is 10.4 Å².